The van der Waals surface area contributed by atoms with E-state index >= 15 is 0 Å². The van der Waals surface area contributed by atoms with Crippen LogP contribution in [0.4, 0.5) is 10.1 Å². The first-order valence-electron chi connectivity index (χ1n) is 6.20. The summed E-state index contributed by atoms with van der Waals surface area (Å²) in [4.78, 5) is 11.4. The molecule has 1 rings (SSSR count). The normalized spacial score (nSPS) is 11.2. The summed E-state index contributed by atoms with van der Waals surface area (Å²) >= 11 is 0. The van der Waals surface area contributed by atoms with E-state index in [4.69, 9.17) is 26.8 Å². The summed E-state index contributed by atoms with van der Waals surface area (Å²) in [7, 11) is 1.34. The van der Waals surface area contributed by atoms with Crippen LogP contribution in [0.25, 0.3) is 0 Å². The third-order valence-corrected chi connectivity index (χ3v) is 2.67. The summed E-state index contributed by atoms with van der Waals surface area (Å²) in [5.41, 5.74) is 11.3. The molecular weight excluding hydrogens is 279 g/mol. The minimum Gasteiger partial charge on any atom is -0.494 e. The molecule has 0 saturated heterocycles. The minimum atomic E-state index is -0.712. The van der Waals surface area contributed by atoms with E-state index < -0.39 is 11.8 Å². The van der Waals surface area contributed by atoms with Gasteiger partial charge in [-0.3, -0.25) is 5.01 Å². The Kier molecular flexibility index (Phi) is 5.94. The molecule has 0 saturated carbocycles. The number of halogens is 1. The molecule has 0 aliphatic carbocycles. The third-order valence-electron chi connectivity index (χ3n) is 2.67. The van der Waals surface area contributed by atoms with Gasteiger partial charge in [-0.2, -0.15) is 0 Å². The van der Waals surface area contributed by atoms with Crippen molar-refractivity contribution in [2.45, 2.75) is 13.5 Å². The number of benzene rings is 1. The first kappa shape index (κ1) is 16.7. The van der Waals surface area contributed by atoms with Crippen molar-refractivity contribution in [1.82, 2.24) is 0 Å². The van der Waals surface area contributed by atoms with Crippen molar-refractivity contribution in [2.24, 2.45) is 17.3 Å². The average molecular weight is 298 g/mol. The van der Waals surface area contributed by atoms with Crippen molar-refractivity contribution >= 4 is 11.7 Å². The minimum absolute atomic E-state index is 0.0509. The molecule has 116 valence electrons. The quantitative estimate of drug-likeness (QED) is 0.300. The van der Waals surface area contributed by atoms with E-state index in [2.05, 4.69) is 0 Å². The summed E-state index contributed by atoms with van der Waals surface area (Å²) < 4.78 is 23.7. The van der Waals surface area contributed by atoms with Crippen LogP contribution in [0.1, 0.15) is 12.5 Å². The van der Waals surface area contributed by atoms with Crippen molar-refractivity contribution < 1.29 is 18.7 Å². The average Bonchev–Trinajstić information content (AvgIpc) is 2.46. The number of anilines is 1. The van der Waals surface area contributed by atoms with Gasteiger partial charge in [0.25, 0.3) is 0 Å². The number of hydrogen-bond acceptors (Lipinski definition) is 7. The molecule has 0 aliphatic heterocycles. The number of nitrogens with two attached hydrogens (primary N) is 3. The molecule has 8 heteroatoms. The second kappa shape index (κ2) is 7.46. The number of rotatable bonds is 6. The molecule has 0 heterocycles. The highest BCUT2D eigenvalue weighted by molar-refractivity contribution is 5.87. The zero-order valence-electron chi connectivity index (χ0n) is 11.9. The molecule has 0 spiro atoms. The molecular formula is C13H19FN4O3. The topological polar surface area (TPSA) is 117 Å². The number of carbonyl (C=O) groups excluding carboxylic acids is 1. The molecule has 0 fully saturated rings. The monoisotopic (exact) mass is 298 g/mol. The van der Waals surface area contributed by atoms with Gasteiger partial charge >= 0.3 is 5.97 Å². The van der Waals surface area contributed by atoms with Gasteiger partial charge in [0.05, 0.1) is 25.6 Å². The van der Waals surface area contributed by atoms with Gasteiger partial charge in [-0.05, 0) is 19.1 Å². The predicted octanol–water partition coefficient (Wildman–Crippen LogP) is 0.336. The van der Waals surface area contributed by atoms with E-state index in [1.54, 1.807) is 6.92 Å². The smallest absolute Gasteiger partial charge is 0.355 e. The van der Waals surface area contributed by atoms with E-state index in [1.807, 2.05) is 0 Å². The number of carbonyl (C=O) groups is 1. The maximum Gasteiger partial charge on any atom is 0.355 e. The summed E-state index contributed by atoms with van der Waals surface area (Å²) in [6, 6.07) is 2.91. The van der Waals surface area contributed by atoms with E-state index in [0.717, 1.165) is 11.2 Å². The molecule has 0 bridgehead atoms. The van der Waals surface area contributed by atoms with Crippen LogP contribution in [0.3, 0.4) is 0 Å². The summed E-state index contributed by atoms with van der Waals surface area (Å²) in [6.07, 6.45) is 1.14. The van der Waals surface area contributed by atoms with E-state index in [1.165, 1.54) is 19.2 Å². The fourth-order valence-corrected chi connectivity index (χ4v) is 1.67. The lowest BCUT2D eigenvalue weighted by atomic mass is 10.1. The number of hydrazine groups is 1. The number of esters is 1. The molecule has 0 amide bonds. The molecule has 6 N–H and O–H groups in total. The van der Waals surface area contributed by atoms with Gasteiger partial charge in [-0.15, -0.1) is 0 Å². The zero-order chi connectivity index (χ0) is 16.0. The largest absolute Gasteiger partial charge is 0.494 e. The molecule has 0 aliphatic rings. The predicted molar refractivity (Wildman–Crippen MR) is 76.4 cm³/mol. The lowest BCUT2D eigenvalue weighted by Crippen LogP contribution is -2.29. The fraction of sp³-hybridized carbons (Fsp3) is 0.308. The van der Waals surface area contributed by atoms with E-state index in [-0.39, 0.29) is 35.8 Å². The van der Waals surface area contributed by atoms with Gasteiger partial charge in [0.1, 0.15) is 5.70 Å². The fourth-order valence-electron chi connectivity index (χ4n) is 1.67. The molecule has 1 aromatic rings. The SMILES string of the molecule is CCOC(=O)/C(N)=C/N(N)c1ccc(OC)c(F)c1CN. The Morgan fingerprint density at radius 2 is 2.14 bits per heavy atom. The van der Waals surface area contributed by atoms with Gasteiger partial charge in [-0.25, -0.2) is 15.0 Å². The third kappa shape index (κ3) is 3.83. The van der Waals surface area contributed by atoms with Crippen molar-refractivity contribution in [3.63, 3.8) is 0 Å². The number of ether oxygens (including phenoxy) is 2. The second-order valence-corrected chi connectivity index (χ2v) is 4.00. The molecule has 21 heavy (non-hydrogen) atoms. The van der Waals surface area contributed by atoms with Crippen molar-refractivity contribution in [2.75, 3.05) is 18.7 Å². The molecule has 0 atom stereocenters. The van der Waals surface area contributed by atoms with Crippen molar-refractivity contribution in [3.05, 3.63) is 35.4 Å². The lowest BCUT2D eigenvalue weighted by molar-refractivity contribution is -0.138. The van der Waals surface area contributed by atoms with Crippen LogP contribution in [0.2, 0.25) is 0 Å². The highest BCUT2D eigenvalue weighted by Crippen LogP contribution is 2.28. The van der Waals surface area contributed by atoms with Gasteiger partial charge in [0.15, 0.2) is 11.6 Å². The van der Waals surface area contributed by atoms with Crippen LogP contribution in [0.5, 0.6) is 5.75 Å². The second-order valence-electron chi connectivity index (χ2n) is 4.00. The van der Waals surface area contributed by atoms with Crippen LogP contribution in [-0.4, -0.2) is 19.7 Å². The summed E-state index contributed by atoms with van der Waals surface area (Å²) in [5.74, 6) is 4.50. The number of methoxy groups -OCH3 is 1. The number of nitrogens with zero attached hydrogens (tertiary/aromatic N) is 1. The first-order chi connectivity index (χ1) is 9.96. The Morgan fingerprint density at radius 1 is 1.48 bits per heavy atom. The standard InChI is InChI=1S/C13H19FN4O3/c1-3-21-13(19)9(16)7-18(17)10-4-5-11(20-2)12(14)8(10)6-15/h4-5,7H,3,6,15-17H2,1-2H3/b9-7-. The van der Waals surface area contributed by atoms with Crippen LogP contribution < -0.4 is 27.1 Å². The molecule has 0 aromatic heterocycles. The van der Waals surface area contributed by atoms with Crippen LogP contribution >= 0.6 is 0 Å². The maximum absolute atomic E-state index is 14.1. The highest BCUT2D eigenvalue weighted by Gasteiger charge is 2.16. The van der Waals surface area contributed by atoms with Gasteiger partial charge in [0, 0.05) is 12.1 Å². The van der Waals surface area contributed by atoms with Gasteiger partial charge < -0.3 is 20.9 Å². The van der Waals surface area contributed by atoms with Gasteiger partial charge in [-0.1, -0.05) is 0 Å². The van der Waals surface area contributed by atoms with Crippen LogP contribution in [-0.2, 0) is 16.1 Å². The first-order valence-corrected chi connectivity index (χ1v) is 6.20. The van der Waals surface area contributed by atoms with E-state index in [0.29, 0.717) is 0 Å². The van der Waals surface area contributed by atoms with Crippen molar-refractivity contribution in [3.8, 4) is 5.75 Å². The lowest BCUT2D eigenvalue weighted by Gasteiger charge is -2.19. The molecule has 1 aromatic carbocycles. The highest BCUT2D eigenvalue weighted by atomic mass is 19.1. The van der Waals surface area contributed by atoms with Gasteiger partial charge in [0.2, 0.25) is 0 Å². The van der Waals surface area contributed by atoms with E-state index in [9.17, 15) is 9.18 Å². The van der Waals surface area contributed by atoms with Crippen molar-refractivity contribution in [1.29, 1.82) is 0 Å². The van der Waals surface area contributed by atoms with Crippen LogP contribution in [0, 0.1) is 5.82 Å². The Labute approximate surface area is 122 Å². The zero-order valence-corrected chi connectivity index (χ0v) is 11.9. The maximum atomic E-state index is 14.1. The number of hydrogen-bond donors (Lipinski definition) is 3. The Hall–Kier alpha value is -2.32. The Morgan fingerprint density at radius 3 is 2.67 bits per heavy atom. The molecule has 0 unspecified atom stereocenters. The molecule has 0 radical (unpaired) electrons. The Balaban J connectivity index is 3.13. The summed E-state index contributed by atoms with van der Waals surface area (Å²) in [6.45, 7) is 1.74. The van der Waals surface area contributed by atoms with Crippen LogP contribution in [0.15, 0.2) is 24.0 Å². The molecule has 7 nitrogen and oxygen atoms in total. The Bertz CT molecular complexity index is 548. The summed E-state index contributed by atoms with van der Waals surface area (Å²) in [5, 5.41) is 1.01.